The normalized spacial score (nSPS) is 14.5. The van der Waals surface area contributed by atoms with E-state index in [0.29, 0.717) is 29.8 Å². The number of imidazole rings is 1. The molecule has 6 nitrogen and oxygen atoms in total. The van der Waals surface area contributed by atoms with E-state index in [1.54, 1.807) is 24.4 Å². The molecule has 3 aromatic rings. The molecule has 0 saturated carbocycles. The maximum Gasteiger partial charge on any atom is 0.256 e. The van der Waals surface area contributed by atoms with Crippen LogP contribution < -0.4 is 0 Å². The first-order valence-corrected chi connectivity index (χ1v) is 8.77. The second kappa shape index (κ2) is 6.63. The number of aromatic hydroxyl groups is 1. The van der Waals surface area contributed by atoms with Crippen LogP contribution in [0.4, 0.5) is 0 Å². The van der Waals surface area contributed by atoms with Gasteiger partial charge in [0.15, 0.2) is 5.65 Å². The molecule has 0 spiro atoms. The molecule has 1 aromatic carbocycles. The van der Waals surface area contributed by atoms with Gasteiger partial charge in [-0.25, -0.2) is 9.97 Å². The summed E-state index contributed by atoms with van der Waals surface area (Å²) < 4.78 is 0. The molecule has 3 heterocycles. The SMILES string of the molecule is CCc1nc2nccc(C(=O)N3CC=C(c4ccc(O)cc4)CC3)c2[nH]1. The molecule has 1 aliphatic rings. The van der Waals surface area contributed by atoms with Crippen LogP contribution in [0.5, 0.6) is 5.75 Å². The zero-order valence-electron chi connectivity index (χ0n) is 14.6. The van der Waals surface area contributed by atoms with Crippen molar-refractivity contribution in [3.63, 3.8) is 0 Å². The number of H-pyrrole nitrogens is 1. The molecule has 2 aromatic heterocycles. The second-order valence-corrected chi connectivity index (χ2v) is 6.37. The van der Waals surface area contributed by atoms with Gasteiger partial charge in [-0.05, 0) is 35.8 Å². The molecule has 6 heteroatoms. The highest BCUT2D eigenvalue weighted by Crippen LogP contribution is 2.25. The van der Waals surface area contributed by atoms with Crippen LogP contribution in [0.1, 0.15) is 35.1 Å². The van der Waals surface area contributed by atoms with Gasteiger partial charge in [0.2, 0.25) is 0 Å². The maximum absolute atomic E-state index is 13.0. The third-order valence-electron chi connectivity index (χ3n) is 4.74. The van der Waals surface area contributed by atoms with Crippen molar-refractivity contribution in [2.24, 2.45) is 0 Å². The number of carbonyl (C=O) groups excluding carboxylic acids is 1. The van der Waals surface area contributed by atoms with Gasteiger partial charge in [-0.15, -0.1) is 0 Å². The summed E-state index contributed by atoms with van der Waals surface area (Å²) in [5.41, 5.74) is 4.20. The van der Waals surface area contributed by atoms with E-state index in [4.69, 9.17) is 0 Å². The molecule has 26 heavy (non-hydrogen) atoms. The second-order valence-electron chi connectivity index (χ2n) is 6.37. The first kappa shape index (κ1) is 16.3. The number of fused-ring (bicyclic) bond motifs is 1. The Kier molecular flexibility index (Phi) is 4.16. The van der Waals surface area contributed by atoms with E-state index in [2.05, 4.69) is 21.0 Å². The lowest BCUT2D eigenvalue weighted by molar-refractivity contribution is 0.0774. The van der Waals surface area contributed by atoms with Gasteiger partial charge in [-0.2, -0.15) is 0 Å². The van der Waals surface area contributed by atoms with Gasteiger partial charge in [0.1, 0.15) is 11.6 Å². The lowest BCUT2D eigenvalue weighted by Crippen LogP contribution is -2.34. The largest absolute Gasteiger partial charge is 0.508 e. The monoisotopic (exact) mass is 348 g/mol. The number of phenols is 1. The van der Waals surface area contributed by atoms with Crippen molar-refractivity contribution < 1.29 is 9.90 Å². The molecule has 132 valence electrons. The zero-order chi connectivity index (χ0) is 18.1. The van der Waals surface area contributed by atoms with Crippen LogP contribution >= 0.6 is 0 Å². The Labute approximate surface area is 151 Å². The van der Waals surface area contributed by atoms with Crippen molar-refractivity contribution in [3.8, 4) is 5.75 Å². The summed E-state index contributed by atoms with van der Waals surface area (Å²) in [6, 6.07) is 8.93. The summed E-state index contributed by atoms with van der Waals surface area (Å²) in [6.07, 6.45) is 5.27. The predicted octanol–water partition coefficient (Wildman–Crippen LogP) is 3.16. The van der Waals surface area contributed by atoms with E-state index in [-0.39, 0.29) is 11.7 Å². The molecule has 2 N–H and O–H groups in total. The van der Waals surface area contributed by atoms with E-state index in [0.717, 1.165) is 24.2 Å². The molecule has 0 aliphatic carbocycles. The van der Waals surface area contributed by atoms with Gasteiger partial charge in [0.25, 0.3) is 5.91 Å². The van der Waals surface area contributed by atoms with Crippen LogP contribution in [0.25, 0.3) is 16.7 Å². The number of aromatic nitrogens is 3. The molecule has 0 fully saturated rings. The number of hydrogen-bond donors (Lipinski definition) is 2. The summed E-state index contributed by atoms with van der Waals surface area (Å²) in [5.74, 6) is 1.08. The average molecular weight is 348 g/mol. The van der Waals surface area contributed by atoms with Gasteiger partial charge in [0.05, 0.1) is 11.1 Å². The van der Waals surface area contributed by atoms with Gasteiger partial charge in [-0.1, -0.05) is 25.1 Å². The van der Waals surface area contributed by atoms with E-state index >= 15 is 0 Å². The Balaban J connectivity index is 1.57. The minimum atomic E-state index is -0.00953. The number of nitrogens with one attached hydrogen (secondary N) is 1. The number of benzene rings is 1. The van der Waals surface area contributed by atoms with Crippen molar-refractivity contribution in [1.82, 2.24) is 19.9 Å². The van der Waals surface area contributed by atoms with E-state index in [1.807, 2.05) is 24.0 Å². The Morgan fingerprint density at radius 2 is 2.08 bits per heavy atom. The smallest absolute Gasteiger partial charge is 0.256 e. The molecule has 1 aliphatic heterocycles. The first-order valence-electron chi connectivity index (χ1n) is 8.77. The summed E-state index contributed by atoms with van der Waals surface area (Å²) in [6.45, 7) is 3.23. The van der Waals surface area contributed by atoms with Crippen LogP contribution in [0.15, 0.2) is 42.6 Å². The number of pyridine rings is 1. The Morgan fingerprint density at radius 3 is 2.77 bits per heavy atom. The van der Waals surface area contributed by atoms with Crippen LogP contribution in [-0.2, 0) is 6.42 Å². The Hall–Kier alpha value is -3.15. The molecular weight excluding hydrogens is 328 g/mol. The topological polar surface area (TPSA) is 82.1 Å². The third kappa shape index (κ3) is 2.94. The molecular formula is C20H20N4O2. The number of aromatic amines is 1. The van der Waals surface area contributed by atoms with Crippen molar-refractivity contribution in [2.45, 2.75) is 19.8 Å². The summed E-state index contributed by atoms with van der Waals surface area (Å²) in [4.78, 5) is 26.7. The number of rotatable bonds is 3. The van der Waals surface area contributed by atoms with Crippen molar-refractivity contribution in [3.05, 3.63) is 59.6 Å². The molecule has 1 amide bonds. The van der Waals surface area contributed by atoms with Gasteiger partial charge < -0.3 is 15.0 Å². The predicted molar refractivity (Wildman–Crippen MR) is 99.9 cm³/mol. The third-order valence-corrected chi connectivity index (χ3v) is 4.74. The first-order chi connectivity index (χ1) is 12.7. The minimum Gasteiger partial charge on any atom is -0.508 e. The number of carbonyl (C=O) groups is 1. The average Bonchev–Trinajstić information content (AvgIpc) is 3.11. The van der Waals surface area contributed by atoms with Gasteiger partial charge in [0, 0.05) is 25.7 Å². The Bertz CT molecular complexity index is 989. The number of hydrogen-bond acceptors (Lipinski definition) is 4. The van der Waals surface area contributed by atoms with Gasteiger partial charge >= 0.3 is 0 Å². The number of phenolic OH excluding ortho intramolecular Hbond substituents is 1. The van der Waals surface area contributed by atoms with E-state index < -0.39 is 0 Å². The van der Waals surface area contributed by atoms with E-state index in [1.165, 1.54) is 5.57 Å². The van der Waals surface area contributed by atoms with Crippen molar-refractivity contribution >= 4 is 22.6 Å². The lowest BCUT2D eigenvalue weighted by atomic mass is 9.99. The van der Waals surface area contributed by atoms with E-state index in [9.17, 15) is 9.90 Å². The maximum atomic E-state index is 13.0. The van der Waals surface area contributed by atoms with Crippen LogP contribution in [0.2, 0.25) is 0 Å². The Morgan fingerprint density at radius 1 is 1.27 bits per heavy atom. The highest BCUT2D eigenvalue weighted by Gasteiger charge is 2.22. The molecule has 0 radical (unpaired) electrons. The minimum absolute atomic E-state index is 0.00953. The number of amides is 1. The quantitative estimate of drug-likeness (QED) is 0.762. The fraction of sp³-hybridized carbons (Fsp3) is 0.250. The molecule has 0 saturated heterocycles. The van der Waals surface area contributed by atoms with Gasteiger partial charge in [-0.3, -0.25) is 4.79 Å². The molecule has 0 atom stereocenters. The molecule has 4 rings (SSSR count). The highest BCUT2D eigenvalue weighted by molar-refractivity contribution is 6.04. The molecule has 0 bridgehead atoms. The van der Waals surface area contributed by atoms with Crippen LogP contribution in [-0.4, -0.2) is 44.0 Å². The fourth-order valence-corrected chi connectivity index (χ4v) is 3.27. The number of aryl methyl sites for hydroxylation is 1. The summed E-state index contributed by atoms with van der Waals surface area (Å²) in [5, 5.41) is 9.42. The highest BCUT2D eigenvalue weighted by atomic mass is 16.3. The zero-order valence-corrected chi connectivity index (χ0v) is 14.6. The number of nitrogens with zero attached hydrogens (tertiary/aromatic N) is 3. The standard InChI is InChI=1S/C20H20N4O2/c1-2-17-22-18-16(7-10-21-19(18)23-17)20(26)24-11-8-14(9-12-24)13-3-5-15(25)6-4-13/h3-8,10,25H,2,9,11-12H2,1H3,(H,21,22,23). The lowest BCUT2D eigenvalue weighted by Gasteiger charge is -2.27. The van der Waals surface area contributed by atoms with Crippen LogP contribution in [0, 0.1) is 0 Å². The van der Waals surface area contributed by atoms with Crippen molar-refractivity contribution in [1.29, 1.82) is 0 Å². The summed E-state index contributed by atoms with van der Waals surface area (Å²) in [7, 11) is 0. The fourth-order valence-electron chi connectivity index (χ4n) is 3.27. The van der Waals surface area contributed by atoms with Crippen molar-refractivity contribution in [2.75, 3.05) is 13.1 Å². The summed E-state index contributed by atoms with van der Waals surface area (Å²) >= 11 is 0. The van der Waals surface area contributed by atoms with Crippen LogP contribution in [0.3, 0.4) is 0 Å². The molecule has 0 unspecified atom stereocenters.